The molecular weight excluding hydrogens is 228 g/mol. The Kier molecular flexibility index (Phi) is 3.27. The minimum absolute atomic E-state index is 0.0409. The lowest BCUT2D eigenvalue weighted by Crippen LogP contribution is -2.39. The van der Waals surface area contributed by atoms with E-state index in [4.69, 9.17) is 18.9 Å². The van der Waals surface area contributed by atoms with E-state index in [0.717, 1.165) is 0 Å². The molecule has 2 fully saturated rings. The molecule has 2 aliphatic heterocycles. The molecule has 2 saturated heterocycles. The summed E-state index contributed by atoms with van der Waals surface area (Å²) in [4.78, 5) is 0. The Hall–Kier alpha value is 0.190. The van der Waals surface area contributed by atoms with Gasteiger partial charge in [-0.1, -0.05) is 0 Å². The maximum Gasteiger partial charge on any atom is 0.163 e. The predicted octanol–water partition coefficient (Wildman–Crippen LogP) is 1.59. The second kappa shape index (κ2) is 4.14. The van der Waals surface area contributed by atoms with Gasteiger partial charge < -0.3 is 18.9 Å². The second-order valence-electron chi connectivity index (χ2n) is 5.19. The lowest BCUT2D eigenvalue weighted by Gasteiger charge is -2.23. The zero-order valence-electron chi connectivity index (χ0n) is 10.2. The Balaban J connectivity index is 2.04. The van der Waals surface area contributed by atoms with Crippen molar-refractivity contribution in [3.8, 4) is 0 Å². The van der Waals surface area contributed by atoms with Crippen molar-refractivity contribution in [2.75, 3.05) is 12.4 Å². The van der Waals surface area contributed by atoms with Gasteiger partial charge in [0.05, 0.1) is 12.7 Å². The molecule has 0 saturated carbocycles. The fourth-order valence-electron chi connectivity index (χ4n) is 2.20. The molecule has 4 nitrogen and oxygen atoms in total. The van der Waals surface area contributed by atoms with Gasteiger partial charge in [0.25, 0.3) is 0 Å². The van der Waals surface area contributed by atoms with Gasteiger partial charge in [-0.05, 0) is 27.7 Å². The molecule has 0 aliphatic carbocycles. The highest BCUT2D eigenvalue weighted by atomic mass is 32.1. The van der Waals surface area contributed by atoms with Crippen molar-refractivity contribution in [2.45, 2.75) is 57.6 Å². The van der Waals surface area contributed by atoms with Gasteiger partial charge in [0.15, 0.2) is 11.6 Å². The monoisotopic (exact) mass is 248 g/mol. The Bertz CT molecular complexity index is 267. The number of hydrogen-bond donors (Lipinski definition) is 1. The normalized spacial score (nSPS) is 41.4. The first-order chi connectivity index (χ1) is 7.33. The maximum absolute atomic E-state index is 5.85. The van der Waals surface area contributed by atoms with E-state index in [-0.39, 0.29) is 18.3 Å². The largest absolute Gasteiger partial charge is 0.348 e. The van der Waals surface area contributed by atoms with Gasteiger partial charge in [-0.2, -0.15) is 12.6 Å². The van der Waals surface area contributed by atoms with Gasteiger partial charge in [-0.25, -0.2) is 0 Å². The van der Waals surface area contributed by atoms with Crippen molar-refractivity contribution < 1.29 is 18.9 Å². The molecule has 0 unspecified atom stereocenters. The molecule has 0 amide bonds. The molecule has 0 spiro atoms. The number of rotatable bonds is 2. The van der Waals surface area contributed by atoms with Crippen LogP contribution in [0.5, 0.6) is 0 Å². The van der Waals surface area contributed by atoms with Crippen LogP contribution in [0.3, 0.4) is 0 Å². The summed E-state index contributed by atoms with van der Waals surface area (Å²) in [7, 11) is 0. The first-order valence-corrected chi connectivity index (χ1v) is 6.24. The zero-order valence-corrected chi connectivity index (χ0v) is 11.1. The molecule has 0 radical (unpaired) electrons. The summed E-state index contributed by atoms with van der Waals surface area (Å²) < 4.78 is 23.0. The number of ether oxygens (including phenoxy) is 4. The van der Waals surface area contributed by atoms with Crippen LogP contribution < -0.4 is 0 Å². The minimum Gasteiger partial charge on any atom is -0.348 e. The smallest absolute Gasteiger partial charge is 0.163 e. The Morgan fingerprint density at radius 3 is 2.25 bits per heavy atom. The highest BCUT2D eigenvalue weighted by Gasteiger charge is 2.49. The van der Waals surface area contributed by atoms with E-state index < -0.39 is 11.6 Å². The molecule has 5 heteroatoms. The molecule has 2 aliphatic rings. The minimum atomic E-state index is -0.561. The average molecular weight is 248 g/mol. The summed E-state index contributed by atoms with van der Waals surface area (Å²) in [6.07, 6.45) is -0.218. The van der Waals surface area contributed by atoms with Crippen LogP contribution in [-0.2, 0) is 18.9 Å². The van der Waals surface area contributed by atoms with Crippen molar-refractivity contribution in [3.05, 3.63) is 0 Å². The second-order valence-corrected chi connectivity index (χ2v) is 5.55. The highest BCUT2D eigenvalue weighted by Crippen LogP contribution is 2.35. The van der Waals surface area contributed by atoms with E-state index in [2.05, 4.69) is 12.6 Å². The van der Waals surface area contributed by atoms with Crippen LogP contribution in [0.15, 0.2) is 0 Å². The topological polar surface area (TPSA) is 36.9 Å². The third kappa shape index (κ3) is 2.54. The van der Waals surface area contributed by atoms with Crippen LogP contribution >= 0.6 is 12.6 Å². The van der Waals surface area contributed by atoms with E-state index in [9.17, 15) is 0 Å². The van der Waals surface area contributed by atoms with Crippen LogP contribution in [0.2, 0.25) is 0 Å². The number of thiol groups is 1. The molecule has 0 aromatic carbocycles. The predicted molar refractivity (Wildman–Crippen MR) is 62.6 cm³/mol. The molecule has 0 bridgehead atoms. The first-order valence-electron chi connectivity index (χ1n) is 5.61. The Morgan fingerprint density at radius 2 is 1.75 bits per heavy atom. The maximum atomic E-state index is 5.85. The summed E-state index contributed by atoms with van der Waals surface area (Å²) >= 11 is 4.29. The van der Waals surface area contributed by atoms with Gasteiger partial charge in [0, 0.05) is 5.75 Å². The lowest BCUT2D eigenvalue weighted by molar-refractivity contribution is -0.174. The van der Waals surface area contributed by atoms with Crippen molar-refractivity contribution in [2.24, 2.45) is 0 Å². The van der Waals surface area contributed by atoms with Gasteiger partial charge in [-0.3, -0.25) is 0 Å². The third-order valence-electron chi connectivity index (χ3n) is 2.80. The molecule has 16 heavy (non-hydrogen) atoms. The van der Waals surface area contributed by atoms with Crippen LogP contribution in [0.4, 0.5) is 0 Å². The van der Waals surface area contributed by atoms with E-state index in [0.29, 0.717) is 12.4 Å². The molecule has 2 rings (SSSR count). The Morgan fingerprint density at radius 1 is 1.06 bits per heavy atom. The molecule has 0 aromatic heterocycles. The SMILES string of the molecule is CC1(C)O[C@H]([C@H]2COC(C)(C)O2)[C@H](CS)O1. The van der Waals surface area contributed by atoms with E-state index in [1.54, 1.807) is 0 Å². The summed E-state index contributed by atoms with van der Waals surface area (Å²) in [6.45, 7) is 8.17. The van der Waals surface area contributed by atoms with Crippen LogP contribution in [0.25, 0.3) is 0 Å². The first kappa shape index (κ1) is 12.6. The number of hydrogen-bond acceptors (Lipinski definition) is 5. The molecule has 94 valence electrons. The standard InChI is InChI=1S/C11H20O4S/c1-10(2)12-5-7(13-10)9-8(6-16)14-11(3,4)15-9/h7-9,16H,5-6H2,1-4H3/t7-,8+,9-/m1/s1. The third-order valence-corrected chi connectivity index (χ3v) is 3.16. The Labute approximate surface area is 102 Å². The average Bonchev–Trinajstić information content (AvgIpc) is 2.65. The highest BCUT2D eigenvalue weighted by molar-refractivity contribution is 7.80. The van der Waals surface area contributed by atoms with Crippen LogP contribution in [-0.4, -0.2) is 42.2 Å². The van der Waals surface area contributed by atoms with Gasteiger partial charge in [0.2, 0.25) is 0 Å². The molecular formula is C11H20O4S. The van der Waals surface area contributed by atoms with Crippen molar-refractivity contribution in [1.29, 1.82) is 0 Å². The molecule has 2 heterocycles. The fraction of sp³-hybridized carbons (Fsp3) is 1.00. The van der Waals surface area contributed by atoms with Gasteiger partial charge >= 0.3 is 0 Å². The molecule has 0 N–H and O–H groups in total. The molecule has 3 atom stereocenters. The van der Waals surface area contributed by atoms with E-state index in [1.807, 2.05) is 27.7 Å². The quantitative estimate of drug-likeness (QED) is 0.753. The molecule has 0 aromatic rings. The van der Waals surface area contributed by atoms with Crippen molar-refractivity contribution >= 4 is 12.6 Å². The van der Waals surface area contributed by atoms with E-state index in [1.165, 1.54) is 0 Å². The van der Waals surface area contributed by atoms with Crippen molar-refractivity contribution in [3.63, 3.8) is 0 Å². The summed E-state index contributed by atoms with van der Waals surface area (Å²) in [5.41, 5.74) is 0. The summed E-state index contributed by atoms with van der Waals surface area (Å²) in [5, 5.41) is 0. The van der Waals surface area contributed by atoms with Gasteiger partial charge in [0.1, 0.15) is 12.2 Å². The fourth-order valence-corrected chi connectivity index (χ4v) is 2.48. The van der Waals surface area contributed by atoms with Crippen LogP contribution in [0.1, 0.15) is 27.7 Å². The summed E-state index contributed by atoms with van der Waals surface area (Å²) in [5.74, 6) is -0.468. The van der Waals surface area contributed by atoms with Gasteiger partial charge in [-0.15, -0.1) is 0 Å². The van der Waals surface area contributed by atoms with Crippen LogP contribution in [0, 0.1) is 0 Å². The van der Waals surface area contributed by atoms with E-state index >= 15 is 0 Å². The lowest BCUT2D eigenvalue weighted by atomic mass is 10.1. The zero-order chi connectivity index (χ0) is 12.0. The van der Waals surface area contributed by atoms with Crippen molar-refractivity contribution in [1.82, 2.24) is 0 Å². The summed E-state index contributed by atoms with van der Waals surface area (Å²) in [6, 6.07) is 0.